The maximum absolute atomic E-state index is 12.8. The number of likely N-dealkylation sites (tertiary alicyclic amines) is 1. The molecule has 0 radical (unpaired) electrons. The molecule has 1 fully saturated rings. The molecule has 0 aliphatic carbocycles. The maximum atomic E-state index is 12.8. The van der Waals surface area contributed by atoms with Crippen LogP contribution in [0.1, 0.15) is 16.8 Å². The van der Waals surface area contributed by atoms with Gasteiger partial charge < -0.3 is 14.5 Å². The lowest BCUT2D eigenvalue weighted by Crippen LogP contribution is -2.31. The van der Waals surface area contributed by atoms with Crippen LogP contribution in [0.5, 0.6) is 5.88 Å². The Hall–Kier alpha value is -2.74. The number of nitrogens with zero attached hydrogens (tertiary/aromatic N) is 5. The van der Waals surface area contributed by atoms with Crippen LogP contribution in [0.2, 0.25) is 0 Å². The van der Waals surface area contributed by atoms with Gasteiger partial charge in [-0.2, -0.15) is 4.98 Å². The van der Waals surface area contributed by atoms with Crippen LogP contribution in [0.15, 0.2) is 36.1 Å². The summed E-state index contributed by atoms with van der Waals surface area (Å²) in [6.07, 6.45) is 4.00. The van der Waals surface area contributed by atoms with Crippen LogP contribution in [-0.2, 0) is 0 Å². The van der Waals surface area contributed by atoms with E-state index in [4.69, 9.17) is 4.74 Å². The molecule has 3 aromatic rings. The molecular formula is C18H19N5O2S. The van der Waals surface area contributed by atoms with E-state index in [1.54, 1.807) is 29.2 Å². The van der Waals surface area contributed by atoms with Gasteiger partial charge in [-0.25, -0.2) is 4.98 Å². The van der Waals surface area contributed by atoms with Gasteiger partial charge in [0.25, 0.3) is 5.91 Å². The highest BCUT2D eigenvalue weighted by molar-refractivity contribution is 7.16. The van der Waals surface area contributed by atoms with Gasteiger partial charge in [0, 0.05) is 32.6 Å². The Kier molecular flexibility index (Phi) is 4.42. The van der Waals surface area contributed by atoms with Gasteiger partial charge >= 0.3 is 0 Å². The lowest BCUT2D eigenvalue weighted by Gasteiger charge is -2.17. The molecule has 2 aromatic heterocycles. The van der Waals surface area contributed by atoms with Crippen molar-refractivity contribution >= 4 is 33.3 Å². The summed E-state index contributed by atoms with van der Waals surface area (Å²) in [5, 5.41) is 0. The SMILES string of the molecule is CN(C)c1cncc(O[C@@H]2CCN(C(=O)c3ccc4ncsc4c3)C2)n1. The van der Waals surface area contributed by atoms with Crippen LogP contribution >= 0.6 is 11.3 Å². The van der Waals surface area contributed by atoms with Crippen LogP contribution in [0.3, 0.4) is 0 Å². The summed E-state index contributed by atoms with van der Waals surface area (Å²) >= 11 is 1.54. The molecule has 1 amide bonds. The van der Waals surface area contributed by atoms with E-state index in [9.17, 15) is 4.79 Å². The van der Waals surface area contributed by atoms with Crippen molar-refractivity contribution in [3.63, 3.8) is 0 Å². The zero-order valence-corrected chi connectivity index (χ0v) is 15.4. The molecule has 26 heavy (non-hydrogen) atoms. The number of fused-ring (bicyclic) bond motifs is 1. The monoisotopic (exact) mass is 369 g/mol. The number of amides is 1. The fraction of sp³-hybridized carbons (Fsp3) is 0.333. The van der Waals surface area contributed by atoms with Crippen molar-refractivity contribution < 1.29 is 9.53 Å². The molecule has 1 aromatic carbocycles. The van der Waals surface area contributed by atoms with Gasteiger partial charge in [-0.05, 0) is 18.2 Å². The molecule has 1 aliphatic heterocycles. The van der Waals surface area contributed by atoms with Crippen LogP contribution in [-0.4, -0.2) is 59.0 Å². The third-order valence-electron chi connectivity index (χ3n) is 4.36. The summed E-state index contributed by atoms with van der Waals surface area (Å²) in [6.45, 7) is 1.22. The normalized spacial score (nSPS) is 16.8. The Morgan fingerprint density at radius 3 is 3.08 bits per heavy atom. The van der Waals surface area contributed by atoms with Crippen LogP contribution in [0.4, 0.5) is 5.82 Å². The fourth-order valence-electron chi connectivity index (χ4n) is 2.96. The molecule has 0 saturated carbocycles. The number of aromatic nitrogens is 3. The number of benzene rings is 1. The average Bonchev–Trinajstić information content (AvgIpc) is 3.30. The van der Waals surface area contributed by atoms with Crippen molar-refractivity contribution in [2.75, 3.05) is 32.1 Å². The number of thiazole rings is 1. The topological polar surface area (TPSA) is 71.5 Å². The number of hydrogen-bond acceptors (Lipinski definition) is 7. The van der Waals surface area contributed by atoms with Gasteiger partial charge in [-0.1, -0.05) is 0 Å². The number of carbonyl (C=O) groups excluding carboxylic acids is 1. The average molecular weight is 369 g/mol. The molecule has 7 nitrogen and oxygen atoms in total. The molecule has 8 heteroatoms. The molecule has 0 bridgehead atoms. The number of rotatable bonds is 4. The van der Waals surface area contributed by atoms with E-state index >= 15 is 0 Å². The minimum Gasteiger partial charge on any atom is -0.471 e. The Bertz CT molecular complexity index is 942. The smallest absolute Gasteiger partial charge is 0.254 e. The summed E-state index contributed by atoms with van der Waals surface area (Å²) in [5.41, 5.74) is 3.41. The molecule has 0 unspecified atom stereocenters. The van der Waals surface area contributed by atoms with E-state index in [1.165, 1.54) is 0 Å². The summed E-state index contributed by atoms with van der Waals surface area (Å²) in [7, 11) is 3.81. The van der Waals surface area contributed by atoms with Gasteiger partial charge in [0.2, 0.25) is 5.88 Å². The Balaban J connectivity index is 1.43. The molecule has 134 valence electrons. The zero-order chi connectivity index (χ0) is 18.1. The quantitative estimate of drug-likeness (QED) is 0.703. The van der Waals surface area contributed by atoms with Crippen LogP contribution in [0, 0.1) is 0 Å². The molecule has 1 saturated heterocycles. The lowest BCUT2D eigenvalue weighted by atomic mass is 10.2. The van der Waals surface area contributed by atoms with Crippen molar-refractivity contribution in [3.05, 3.63) is 41.7 Å². The van der Waals surface area contributed by atoms with Gasteiger partial charge in [-0.3, -0.25) is 9.78 Å². The highest BCUT2D eigenvalue weighted by atomic mass is 32.1. The predicted molar refractivity (Wildman–Crippen MR) is 101 cm³/mol. The summed E-state index contributed by atoms with van der Waals surface area (Å²) in [4.78, 5) is 29.3. The van der Waals surface area contributed by atoms with E-state index in [1.807, 2.05) is 42.1 Å². The maximum Gasteiger partial charge on any atom is 0.254 e. The second-order valence-corrected chi connectivity index (χ2v) is 7.31. The molecule has 1 atom stereocenters. The Labute approximate surface area is 155 Å². The van der Waals surface area contributed by atoms with E-state index in [2.05, 4.69) is 15.0 Å². The van der Waals surface area contributed by atoms with Crippen LogP contribution in [0.25, 0.3) is 10.2 Å². The van der Waals surface area contributed by atoms with E-state index in [0.717, 1.165) is 22.5 Å². The standard InChI is InChI=1S/C18H19N5O2S/c1-22(2)16-8-19-9-17(21-16)25-13-5-6-23(10-13)18(24)12-3-4-14-15(7-12)26-11-20-14/h3-4,7-9,11,13H,5-6,10H2,1-2H3/t13-/m1/s1. The largest absolute Gasteiger partial charge is 0.471 e. The fourth-order valence-corrected chi connectivity index (χ4v) is 3.68. The van der Waals surface area contributed by atoms with Gasteiger partial charge in [0.15, 0.2) is 5.82 Å². The van der Waals surface area contributed by atoms with Gasteiger partial charge in [-0.15, -0.1) is 11.3 Å². The number of carbonyl (C=O) groups is 1. The minimum absolute atomic E-state index is 0.0273. The highest BCUT2D eigenvalue weighted by Gasteiger charge is 2.29. The number of anilines is 1. The van der Waals surface area contributed by atoms with Crippen LogP contribution < -0.4 is 9.64 Å². The summed E-state index contributed by atoms with van der Waals surface area (Å²) in [5.74, 6) is 1.26. The Morgan fingerprint density at radius 2 is 2.23 bits per heavy atom. The van der Waals surface area contributed by atoms with Crippen molar-refractivity contribution in [3.8, 4) is 5.88 Å². The highest BCUT2D eigenvalue weighted by Crippen LogP contribution is 2.23. The first-order valence-electron chi connectivity index (χ1n) is 8.39. The van der Waals surface area contributed by atoms with Gasteiger partial charge in [0.05, 0.1) is 34.7 Å². The summed E-state index contributed by atoms with van der Waals surface area (Å²) in [6, 6.07) is 5.64. The zero-order valence-electron chi connectivity index (χ0n) is 14.6. The first-order valence-corrected chi connectivity index (χ1v) is 9.26. The third kappa shape index (κ3) is 3.32. The minimum atomic E-state index is -0.0715. The van der Waals surface area contributed by atoms with Gasteiger partial charge in [0.1, 0.15) is 6.10 Å². The van der Waals surface area contributed by atoms with Crippen molar-refractivity contribution in [1.82, 2.24) is 19.9 Å². The molecule has 0 spiro atoms. The predicted octanol–water partition coefficient (Wildman–Crippen LogP) is 2.45. The van der Waals surface area contributed by atoms with Crippen molar-refractivity contribution in [2.45, 2.75) is 12.5 Å². The molecule has 3 heterocycles. The summed E-state index contributed by atoms with van der Waals surface area (Å²) < 4.78 is 6.96. The number of ether oxygens (including phenoxy) is 1. The van der Waals surface area contributed by atoms with E-state index in [0.29, 0.717) is 24.5 Å². The third-order valence-corrected chi connectivity index (χ3v) is 5.15. The second kappa shape index (κ2) is 6.87. The first-order chi connectivity index (χ1) is 12.6. The van der Waals surface area contributed by atoms with Crippen molar-refractivity contribution in [1.29, 1.82) is 0 Å². The molecule has 4 rings (SSSR count). The molecule has 0 N–H and O–H groups in total. The van der Waals surface area contributed by atoms with Crippen molar-refractivity contribution in [2.24, 2.45) is 0 Å². The second-order valence-electron chi connectivity index (χ2n) is 6.42. The lowest BCUT2D eigenvalue weighted by molar-refractivity contribution is 0.0771. The molecule has 1 aliphatic rings. The number of hydrogen-bond donors (Lipinski definition) is 0. The Morgan fingerprint density at radius 1 is 1.35 bits per heavy atom. The van der Waals surface area contributed by atoms with E-state index < -0.39 is 0 Å². The first kappa shape index (κ1) is 16.7. The molecular weight excluding hydrogens is 350 g/mol. The van der Waals surface area contributed by atoms with E-state index in [-0.39, 0.29) is 12.0 Å².